The fourth-order valence-electron chi connectivity index (χ4n) is 5.22. The molecule has 2 heterocycles. The van der Waals surface area contributed by atoms with Crippen LogP contribution in [-0.4, -0.2) is 70.2 Å². The average Bonchev–Trinajstić information content (AvgIpc) is 3.21. The zero-order chi connectivity index (χ0) is 23.4. The van der Waals surface area contributed by atoms with Gasteiger partial charge in [0.2, 0.25) is 0 Å². The first-order valence-electron chi connectivity index (χ1n) is 11.9. The maximum atomic E-state index is 13.5. The first-order valence-corrected chi connectivity index (χ1v) is 11.9. The Hall–Kier alpha value is -2.32. The maximum Gasteiger partial charge on any atom is 0.274 e. The summed E-state index contributed by atoms with van der Waals surface area (Å²) in [5.41, 5.74) is 5.85. The topological polar surface area (TPSA) is 59.1 Å². The molecule has 33 heavy (non-hydrogen) atoms. The molecule has 0 saturated carbocycles. The minimum atomic E-state index is -0.677. The summed E-state index contributed by atoms with van der Waals surface area (Å²) in [6, 6.07) is 17.0. The Bertz CT molecular complexity index is 926. The lowest BCUT2D eigenvalue weighted by molar-refractivity contribution is 0.0290. The van der Waals surface area contributed by atoms with Gasteiger partial charge in [-0.3, -0.25) is 24.7 Å². The molecule has 0 spiro atoms. The van der Waals surface area contributed by atoms with E-state index in [0.29, 0.717) is 30.6 Å². The van der Waals surface area contributed by atoms with E-state index in [4.69, 9.17) is 5.21 Å². The molecular weight excluding hydrogens is 419 g/mol. The van der Waals surface area contributed by atoms with Crippen molar-refractivity contribution in [2.24, 2.45) is 0 Å². The van der Waals surface area contributed by atoms with E-state index in [1.807, 2.05) is 12.1 Å². The fourth-order valence-corrected chi connectivity index (χ4v) is 5.22. The van der Waals surface area contributed by atoms with Crippen molar-refractivity contribution < 1.29 is 14.4 Å². The van der Waals surface area contributed by atoms with Gasteiger partial charge in [-0.25, -0.2) is 9.87 Å². The molecule has 1 unspecified atom stereocenters. The van der Waals surface area contributed by atoms with Gasteiger partial charge in [-0.1, -0.05) is 36.4 Å². The molecule has 0 bridgehead atoms. The highest BCUT2D eigenvalue weighted by Crippen LogP contribution is 2.22. The average molecular weight is 455 g/mol. The van der Waals surface area contributed by atoms with Crippen LogP contribution in [0.2, 0.25) is 0 Å². The number of nitrogens with zero attached hydrogens (tertiary/aromatic N) is 3. The van der Waals surface area contributed by atoms with Crippen LogP contribution in [0.3, 0.4) is 0 Å². The molecule has 0 radical (unpaired) electrons. The second-order valence-electron chi connectivity index (χ2n) is 9.64. The van der Waals surface area contributed by atoms with Gasteiger partial charge in [0.25, 0.3) is 5.91 Å². The molecule has 1 amide bonds. The number of hydrogen-bond acceptors (Lipinski definition) is 5. The number of nitrogens with one attached hydrogen (secondary N) is 1. The summed E-state index contributed by atoms with van der Waals surface area (Å²) in [6.45, 7) is 10.5. The second kappa shape index (κ2) is 10.7. The number of likely N-dealkylation sites (tertiary alicyclic amines) is 1. The van der Waals surface area contributed by atoms with Gasteiger partial charge in [0.05, 0.1) is 0 Å². The van der Waals surface area contributed by atoms with E-state index in [1.165, 1.54) is 11.1 Å². The van der Waals surface area contributed by atoms with Gasteiger partial charge in [-0.15, -0.1) is 0 Å². The van der Waals surface area contributed by atoms with Crippen LogP contribution in [0.25, 0.3) is 0 Å². The Morgan fingerprint density at radius 2 is 1.58 bits per heavy atom. The molecule has 4 rings (SSSR count). The zero-order valence-corrected chi connectivity index (χ0v) is 19.6. The van der Waals surface area contributed by atoms with Crippen molar-refractivity contribution in [3.8, 4) is 0 Å². The highest BCUT2D eigenvalue weighted by molar-refractivity contribution is 5.93. The first kappa shape index (κ1) is 23.8. The molecule has 2 aromatic carbocycles. The molecule has 2 saturated heterocycles. The van der Waals surface area contributed by atoms with Gasteiger partial charge in [0.1, 0.15) is 6.17 Å². The van der Waals surface area contributed by atoms with Gasteiger partial charge in [-0.2, -0.15) is 0 Å². The van der Waals surface area contributed by atoms with E-state index < -0.39 is 12.1 Å². The molecule has 2 aliphatic heterocycles. The smallest absolute Gasteiger partial charge is 0.274 e. The number of piperazine rings is 1. The number of amides is 1. The summed E-state index contributed by atoms with van der Waals surface area (Å²) < 4.78 is 13.5. The number of hydroxylamine groups is 1. The van der Waals surface area contributed by atoms with Crippen LogP contribution in [0.15, 0.2) is 48.5 Å². The maximum absolute atomic E-state index is 13.5. The van der Waals surface area contributed by atoms with Gasteiger partial charge in [0.15, 0.2) is 0 Å². The molecule has 0 aromatic heterocycles. The van der Waals surface area contributed by atoms with Crippen LogP contribution in [0, 0.1) is 0 Å². The minimum Gasteiger partial charge on any atom is -0.296 e. The van der Waals surface area contributed by atoms with Crippen LogP contribution in [0.4, 0.5) is 4.39 Å². The van der Waals surface area contributed by atoms with E-state index >= 15 is 0 Å². The SMILES string of the molecule is C[C@@H]1CN(Cc2ccc(C(=O)NO)cc2)C[C@H](C)N1Cc1cccc(CN2CCC(F)C2)c1. The van der Waals surface area contributed by atoms with E-state index in [0.717, 1.165) is 44.8 Å². The monoisotopic (exact) mass is 454 g/mol. The molecule has 0 aliphatic carbocycles. The number of halogens is 1. The van der Waals surface area contributed by atoms with Crippen LogP contribution in [0.5, 0.6) is 0 Å². The lowest BCUT2D eigenvalue weighted by Crippen LogP contribution is -2.55. The third kappa shape index (κ3) is 6.18. The van der Waals surface area contributed by atoms with Gasteiger partial charge < -0.3 is 0 Å². The number of benzene rings is 2. The second-order valence-corrected chi connectivity index (χ2v) is 9.64. The Balaban J connectivity index is 1.33. The van der Waals surface area contributed by atoms with Crippen molar-refractivity contribution in [1.82, 2.24) is 20.2 Å². The molecule has 2 aliphatic rings. The molecule has 2 fully saturated rings. The van der Waals surface area contributed by atoms with Gasteiger partial charge in [0, 0.05) is 63.5 Å². The van der Waals surface area contributed by atoms with Crippen molar-refractivity contribution >= 4 is 5.91 Å². The molecule has 7 heteroatoms. The lowest BCUT2D eigenvalue weighted by Gasteiger charge is -2.44. The van der Waals surface area contributed by atoms with E-state index in [9.17, 15) is 9.18 Å². The number of carbonyl (C=O) groups is 1. The Labute approximate surface area is 195 Å². The fraction of sp³-hybridized carbons (Fsp3) is 0.500. The van der Waals surface area contributed by atoms with Crippen LogP contribution in [0.1, 0.15) is 47.3 Å². The summed E-state index contributed by atoms with van der Waals surface area (Å²) in [4.78, 5) is 18.7. The van der Waals surface area contributed by atoms with E-state index in [2.05, 4.69) is 52.8 Å². The van der Waals surface area contributed by atoms with E-state index in [-0.39, 0.29) is 0 Å². The van der Waals surface area contributed by atoms with Gasteiger partial charge in [-0.05, 0) is 49.1 Å². The number of carbonyl (C=O) groups excluding carboxylic acids is 1. The number of rotatable bonds is 7. The highest BCUT2D eigenvalue weighted by Gasteiger charge is 2.29. The quantitative estimate of drug-likeness (QED) is 0.496. The molecule has 178 valence electrons. The predicted molar refractivity (Wildman–Crippen MR) is 127 cm³/mol. The summed E-state index contributed by atoms with van der Waals surface area (Å²) in [6.07, 6.45) is -0.0228. The largest absolute Gasteiger partial charge is 0.296 e. The summed E-state index contributed by atoms with van der Waals surface area (Å²) in [5.74, 6) is -0.492. The lowest BCUT2D eigenvalue weighted by atomic mass is 10.0. The van der Waals surface area contributed by atoms with Crippen LogP contribution in [-0.2, 0) is 19.6 Å². The number of hydrogen-bond donors (Lipinski definition) is 2. The first-order chi connectivity index (χ1) is 15.9. The third-order valence-corrected chi connectivity index (χ3v) is 6.88. The third-order valence-electron chi connectivity index (χ3n) is 6.88. The standard InChI is InChI=1S/C26H35FN4O2/c1-19-13-30(15-21-6-8-24(9-7-21)26(32)28-33)14-20(2)31(19)17-23-5-3-4-22(12-23)16-29-11-10-25(27)18-29/h3-9,12,19-20,25,33H,10-11,13-18H2,1-2H3,(H,28,32)/t19-,20+,25?. The Kier molecular flexibility index (Phi) is 7.75. The molecular formula is C26H35FN4O2. The normalized spacial score (nSPS) is 24.8. The van der Waals surface area contributed by atoms with Crippen LogP contribution < -0.4 is 5.48 Å². The predicted octanol–water partition coefficient (Wildman–Crippen LogP) is 3.44. The van der Waals surface area contributed by atoms with Gasteiger partial charge >= 0.3 is 0 Å². The highest BCUT2D eigenvalue weighted by atomic mass is 19.1. The Morgan fingerprint density at radius 3 is 2.18 bits per heavy atom. The van der Waals surface area contributed by atoms with Crippen molar-refractivity contribution in [2.75, 3.05) is 26.2 Å². The van der Waals surface area contributed by atoms with Crippen molar-refractivity contribution in [3.05, 3.63) is 70.8 Å². The van der Waals surface area contributed by atoms with Crippen molar-refractivity contribution in [3.63, 3.8) is 0 Å². The summed E-state index contributed by atoms with van der Waals surface area (Å²) >= 11 is 0. The van der Waals surface area contributed by atoms with E-state index in [1.54, 1.807) is 17.6 Å². The van der Waals surface area contributed by atoms with Crippen molar-refractivity contribution in [1.29, 1.82) is 0 Å². The number of alkyl halides is 1. The summed E-state index contributed by atoms with van der Waals surface area (Å²) in [5, 5.41) is 8.77. The molecule has 3 atom stereocenters. The molecule has 2 aromatic rings. The van der Waals surface area contributed by atoms with Crippen LogP contribution >= 0.6 is 0 Å². The summed E-state index contributed by atoms with van der Waals surface area (Å²) in [7, 11) is 0. The minimum absolute atomic E-state index is 0.419. The Morgan fingerprint density at radius 1 is 0.939 bits per heavy atom. The zero-order valence-electron chi connectivity index (χ0n) is 19.6. The molecule has 2 N–H and O–H groups in total. The van der Waals surface area contributed by atoms with Crippen molar-refractivity contribution in [2.45, 2.75) is 58.2 Å². The molecule has 6 nitrogen and oxygen atoms in total.